The molecule has 0 aliphatic rings. The average Bonchev–Trinajstić information content (AvgIpc) is 2.89. The summed E-state index contributed by atoms with van der Waals surface area (Å²) in [4.78, 5) is 11.7. The summed E-state index contributed by atoms with van der Waals surface area (Å²) in [5.74, 6) is 0. The molecule has 0 aromatic heterocycles. The Kier molecular flexibility index (Phi) is 28.8. The van der Waals surface area contributed by atoms with Gasteiger partial charge in [0.15, 0.2) is 0 Å². The lowest BCUT2D eigenvalue weighted by molar-refractivity contribution is -0.870. The predicted molar refractivity (Wildman–Crippen MR) is 173 cm³/mol. The molecule has 240 valence electrons. The molecule has 0 aliphatic heterocycles. The molecule has 0 saturated heterocycles. The van der Waals surface area contributed by atoms with Crippen molar-refractivity contribution in [2.75, 3.05) is 40.9 Å². The highest BCUT2D eigenvalue weighted by Crippen LogP contribution is 2.38. The van der Waals surface area contributed by atoms with Crippen LogP contribution in [0.25, 0.3) is 0 Å². The maximum absolute atomic E-state index is 11.7. The van der Waals surface area contributed by atoms with Gasteiger partial charge in [0.25, 0.3) is 7.82 Å². The molecule has 0 aliphatic carbocycles. The summed E-state index contributed by atoms with van der Waals surface area (Å²) in [6, 6.07) is 0. The minimum absolute atomic E-state index is 0.169. The van der Waals surface area contributed by atoms with Crippen molar-refractivity contribution in [1.29, 1.82) is 0 Å². The highest BCUT2D eigenvalue weighted by Gasteiger charge is 2.13. The molecule has 40 heavy (non-hydrogen) atoms. The van der Waals surface area contributed by atoms with Gasteiger partial charge in [-0.1, -0.05) is 154 Å². The van der Waals surface area contributed by atoms with Crippen LogP contribution in [0.1, 0.15) is 167 Å². The number of hydrogen-bond donors (Lipinski definition) is 0. The quantitative estimate of drug-likeness (QED) is 0.0332. The lowest BCUT2D eigenvalue weighted by Crippen LogP contribution is -2.37. The lowest BCUT2D eigenvalue weighted by Gasteiger charge is -2.27. The topological polar surface area (TPSA) is 58.6 Å². The minimum atomic E-state index is -4.14. The molecule has 1 atom stereocenters. The van der Waals surface area contributed by atoms with Crippen LogP contribution in [-0.2, 0) is 13.6 Å². The van der Waals surface area contributed by atoms with E-state index in [4.69, 9.17) is 9.05 Å². The molecule has 0 amide bonds. The summed E-state index contributed by atoms with van der Waals surface area (Å²) < 4.78 is 22.3. The van der Waals surface area contributed by atoms with Crippen molar-refractivity contribution >= 4 is 7.82 Å². The van der Waals surface area contributed by atoms with Crippen LogP contribution in [0.15, 0.2) is 12.7 Å². The van der Waals surface area contributed by atoms with E-state index in [1.54, 1.807) is 0 Å². The van der Waals surface area contributed by atoms with Gasteiger partial charge in [-0.05, 0) is 19.3 Å². The van der Waals surface area contributed by atoms with Crippen LogP contribution < -0.4 is 4.89 Å². The van der Waals surface area contributed by atoms with Crippen molar-refractivity contribution in [3.05, 3.63) is 12.7 Å². The van der Waals surface area contributed by atoms with Gasteiger partial charge in [-0.2, -0.15) is 0 Å². The maximum Gasteiger partial charge on any atom is 0.268 e. The van der Waals surface area contributed by atoms with Gasteiger partial charge in [-0.25, -0.2) is 0 Å². The SMILES string of the molecule is C=CCCCCCCCCCCCCCCCCCCCCCCCCCCCOP(=O)([O-])OCC[N+](C)(C)C. The van der Waals surface area contributed by atoms with Crippen LogP contribution in [-0.4, -0.2) is 45.4 Å². The van der Waals surface area contributed by atoms with E-state index in [1.165, 1.54) is 148 Å². The van der Waals surface area contributed by atoms with Crippen molar-refractivity contribution in [1.82, 2.24) is 0 Å². The van der Waals surface area contributed by atoms with Gasteiger partial charge in [-0.15, -0.1) is 6.58 Å². The normalized spacial score (nSPS) is 13.5. The first-order chi connectivity index (χ1) is 19.3. The number of quaternary nitrogens is 1. The number of unbranched alkanes of at least 4 members (excludes halogenated alkanes) is 25. The second-order valence-electron chi connectivity index (χ2n) is 13.0. The Morgan fingerprint density at radius 1 is 0.525 bits per heavy atom. The van der Waals surface area contributed by atoms with Gasteiger partial charge < -0.3 is 18.4 Å². The van der Waals surface area contributed by atoms with Crippen LogP contribution in [0.2, 0.25) is 0 Å². The first-order valence-electron chi connectivity index (χ1n) is 17.3. The van der Waals surface area contributed by atoms with E-state index < -0.39 is 7.82 Å². The van der Waals surface area contributed by atoms with E-state index in [2.05, 4.69) is 6.58 Å². The molecule has 0 radical (unpaired) electrons. The molecule has 0 spiro atoms. The number of hydrogen-bond acceptors (Lipinski definition) is 4. The van der Waals surface area contributed by atoms with Gasteiger partial charge >= 0.3 is 0 Å². The van der Waals surface area contributed by atoms with Gasteiger partial charge in [0.05, 0.1) is 27.7 Å². The second kappa shape index (κ2) is 28.9. The van der Waals surface area contributed by atoms with E-state index >= 15 is 0 Å². The highest BCUT2D eigenvalue weighted by atomic mass is 31.2. The number of phosphoric ester groups is 1. The summed E-state index contributed by atoms with van der Waals surface area (Å²) in [5, 5.41) is 0. The van der Waals surface area contributed by atoms with Gasteiger partial charge in [-0.3, -0.25) is 4.57 Å². The third-order valence-corrected chi connectivity index (χ3v) is 8.81. The Morgan fingerprint density at radius 2 is 0.800 bits per heavy atom. The lowest BCUT2D eigenvalue weighted by atomic mass is 10.0. The molecule has 0 fully saturated rings. The first kappa shape index (κ1) is 39.8. The third kappa shape index (κ3) is 34.0. The Balaban J connectivity index is 3.18. The van der Waals surface area contributed by atoms with Gasteiger partial charge in [0, 0.05) is 0 Å². The first-order valence-corrected chi connectivity index (χ1v) is 18.7. The number of phosphoric acid groups is 1. The van der Waals surface area contributed by atoms with E-state index in [-0.39, 0.29) is 13.2 Å². The van der Waals surface area contributed by atoms with Crippen molar-refractivity contribution in [2.24, 2.45) is 0 Å². The van der Waals surface area contributed by atoms with Crippen LogP contribution in [0.4, 0.5) is 0 Å². The maximum atomic E-state index is 11.7. The molecule has 0 N–H and O–H groups in total. The standard InChI is InChI=1S/C34H70NO4P/c1-5-6-7-8-9-10-11-12-13-14-15-16-17-18-19-20-21-22-23-24-25-26-27-28-29-30-31-33-38-40(36,37)39-34-32-35(2,3)4/h5H,1,6-34H2,2-4H3. The zero-order valence-electron chi connectivity index (χ0n) is 27.3. The number of nitrogens with zero attached hydrogens (tertiary/aromatic N) is 1. The zero-order valence-corrected chi connectivity index (χ0v) is 28.2. The fourth-order valence-corrected chi connectivity index (χ4v) is 5.83. The van der Waals surface area contributed by atoms with E-state index in [9.17, 15) is 9.46 Å². The molecule has 0 saturated carbocycles. The van der Waals surface area contributed by atoms with Crippen molar-refractivity contribution < 1.29 is 23.0 Å². The summed E-state index contributed by atoms with van der Waals surface area (Å²) in [5.41, 5.74) is 0. The third-order valence-electron chi connectivity index (χ3n) is 7.81. The van der Waals surface area contributed by atoms with Crippen molar-refractivity contribution in [3.63, 3.8) is 0 Å². The van der Waals surface area contributed by atoms with Crippen molar-refractivity contribution in [3.8, 4) is 0 Å². The molecule has 0 heterocycles. The monoisotopic (exact) mass is 588 g/mol. The Labute approximate surface area is 251 Å². The van der Waals surface area contributed by atoms with Gasteiger partial charge in [0.2, 0.25) is 0 Å². The Bertz CT molecular complexity index is 579. The summed E-state index contributed by atoms with van der Waals surface area (Å²) >= 11 is 0. The van der Waals surface area contributed by atoms with Crippen LogP contribution in [0.3, 0.4) is 0 Å². The smallest absolute Gasteiger partial charge is 0.268 e. The molecular formula is C34H70NO4P. The second-order valence-corrected chi connectivity index (χ2v) is 14.5. The fourth-order valence-electron chi connectivity index (χ4n) is 5.10. The van der Waals surface area contributed by atoms with Crippen LogP contribution in [0.5, 0.6) is 0 Å². The number of allylic oxidation sites excluding steroid dienone is 1. The molecule has 6 heteroatoms. The number of likely N-dealkylation sites (N-methyl/N-ethyl adjacent to an activating group) is 1. The van der Waals surface area contributed by atoms with E-state index in [1.807, 2.05) is 27.2 Å². The van der Waals surface area contributed by atoms with E-state index in [0.717, 1.165) is 19.3 Å². The van der Waals surface area contributed by atoms with Gasteiger partial charge in [0.1, 0.15) is 13.2 Å². The minimum Gasteiger partial charge on any atom is -0.756 e. The van der Waals surface area contributed by atoms with Crippen LogP contribution >= 0.6 is 7.82 Å². The average molecular weight is 588 g/mol. The molecule has 1 unspecified atom stereocenters. The molecule has 0 bridgehead atoms. The molecular weight excluding hydrogens is 517 g/mol. The highest BCUT2D eigenvalue weighted by molar-refractivity contribution is 7.45. The van der Waals surface area contributed by atoms with Crippen LogP contribution in [0, 0.1) is 0 Å². The molecule has 0 aromatic rings. The van der Waals surface area contributed by atoms with E-state index in [0.29, 0.717) is 11.0 Å². The Hall–Kier alpha value is -0.190. The Morgan fingerprint density at radius 3 is 1.10 bits per heavy atom. The summed E-state index contributed by atoms with van der Waals surface area (Å²) in [6.45, 7) is 4.83. The molecule has 0 rings (SSSR count). The van der Waals surface area contributed by atoms with Crippen molar-refractivity contribution in [2.45, 2.75) is 167 Å². The largest absolute Gasteiger partial charge is 0.756 e. The number of rotatable bonds is 33. The summed E-state index contributed by atoms with van der Waals surface area (Å²) in [6.07, 6.45) is 37.1. The fraction of sp³-hybridized carbons (Fsp3) is 0.941. The molecule has 5 nitrogen and oxygen atoms in total. The molecule has 0 aromatic carbocycles. The zero-order chi connectivity index (χ0) is 29.6. The summed E-state index contributed by atoms with van der Waals surface area (Å²) in [7, 11) is 1.86. The predicted octanol–water partition coefficient (Wildman–Crippen LogP) is 10.5.